The molecule has 0 atom stereocenters. The zero-order valence-corrected chi connectivity index (χ0v) is 15.1. The summed E-state index contributed by atoms with van der Waals surface area (Å²) in [5, 5.41) is 5.59. The van der Waals surface area contributed by atoms with Gasteiger partial charge in [-0.3, -0.25) is 4.79 Å². The fourth-order valence-electron chi connectivity index (χ4n) is 2.19. The summed E-state index contributed by atoms with van der Waals surface area (Å²) in [6, 6.07) is 9.60. The largest absolute Gasteiger partial charge is 0.466 e. The smallest absolute Gasteiger partial charge is 0.430 e. The van der Waals surface area contributed by atoms with Crippen LogP contribution in [0.15, 0.2) is 35.4 Å². The van der Waals surface area contributed by atoms with Gasteiger partial charge in [0.1, 0.15) is 0 Å². The molecule has 0 aliphatic rings. The highest BCUT2D eigenvalue weighted by molar-refractivity contribution is 5.80. The van der Waals surface area contributed by atoms with E-state index in [2.05, 4.69) is 5.10 Å². The van der Waals surface area contributed by atoms with Crippen LogP contribution in [0, 0.1) is 0 Å². The fraction of sp³-hybridized carbons (Fsp3) is 0.526. The third-order valence-electron chi connectivity index (χ3n) is 3.43. The molecule has 1 rings (SSSR count). The second-order valence-corrected chi connectivity index (χ2v) is 5.45. The highest BCUT2D eigenvalue weighted by Crippen LogP contribution is 2.07. The highest BCUT2D eigenvalue weighted by Gasteiger charge is 2.12. The molecule has 0 saturated heterocycles. The molecular weight excluding hydrogens is 320 g/mol. The number of nitrogens with zero attached hydrogens (tertiary/aromatic N) is 2. The number of ether oxygens (including phenoxy) is 2. The van der Waals surface area contributed by atoms with Crippen LogP contribution in [-0.2, 0) is 14.3 Å². The number of esters is 1. The van der Waals surface area contributed by atoms with E-state index < -0.39 is 6.09 Å². The second-order valence-electron chi connectivity index (χ2n) is 5.45. The topological polar surface area (TPSA) is 68.2 Å². The maximum Gasteiger partial charge on any atom is 0.430 e. The standard InChI is InChI=1S/C19H28N2O4/c1-3-24-18(22)14-10-5-6-11-15-21(19(23)25-4-2)20-16-17-12-8-7-9-13-17/h7-9,12-13,16H,3-6,10-11,14-15H2,1-2H3. The number of hydrogen-bond donors (Lipinski definition) is 0. The van der Waals surface area contributed by atoms with Crippen molar-refractivity contribution in [3.8, 4) is 0 Å². The van der Waals surface area contributed by atoms with Crippen LogP contribution in [0.25, 0.3) is 0 Å². The molecule has 0 heterocycles. The van der Waals surface area contributed by atoms with Gasteiger partial charge in [-0.25, -0.2) is 4.79 Å². The predicted molar refractivity (Wildman–Crippen MR) is 97.5 cm³/mol. The Morgan fingerprint density at radius 1 is 1.00 bits per heavy atom. The van der Waals surface area contributed by atoms with Crippen molar-refractivity contribution in [1.29, 1.82) is 0 Å². The molecule has 6 heteroatoms. The van der Waals surface area contributed by atoms with Crippen LogP contribution < -0.4 is 0 Å². The van der Waals surface area contributed by atoms with Crippen LogP contribution in [-0.4, -0.2) is 43.0 Å². The van der Waals surface area contributed by atoms with Crippen molar-refractivity contribution < 1.29 is 19.1 Å². The van der Waals surface area contributed by atoms with E-state index in [1.807, 2.05) is 30.3 Å². The predicted octanol–water partition coefficient (Wildman–Crippen LogP) is 3.99. The molecule has 0 spiro atoms. The maximum absolute atomic E-state index is 12.0. The first-order chi connectivity index (χ1) is 12.2. The summed E-state index contributed by atoms with van der Waals surface area (Å²) in [6.45, 7) is 4.80. The summed E-state index contributed by atoms with van der Waals surface area (Å²) in [5.41, 5.74) is 0.922. The monoisotopic (exact) mass is 348 g/mol. The van der Waals surface area contributed by atoms with Crippen LogP contribution >= 0.6 is 0 Å². The lowest BCUT2D eigenvalue weighted by molar-refractivity contribution is -0.143. The quantitative estimate of drug-likeness (QED) is 0.262. The molecule has 6 nitrogen and oxygen atoms in total. The number of carbonyl (C=O) groups is 2. The molecule has 25 heavy (non-hydrogen) atoms. The Balaban J connectivity index is 2.37. The molecule has 0 aromatic heterocycles. The van der Waals surface area contributed by atoms with Gasteiger partial charge in [-0.2, -0.15) is 10.1 Å². The Morgan fingerprint density at radius 2 is 1.68 bits per heavy atom. The third kappa shape index (κ3) is 9.49. The average molecular weight is 348 g/mol. The average Bonchev–Trinajstić information content (AvgIpc) is 2.61. The summed E-state index contributed by atoms with van der Waals surface area (Å²) >= 11 is 0. The second kappa shape index (κ2) is 13.0. The Kier molecular flexibility index (Phi) is 10.7. The number of carbonyl (C=O) groups excluding carboxylic acids is 2. The molecule has 1 aromatic rings. The van der Waals surface area contributed by atoms with Crippen LogP contribution in [0.3, 0.4) is 0 Å². The number of hydrazone groups is 1. The number of amides is 1. The first-order valence-electron chi connectivity index (χ1n) is 8.86. The summed E-state index contributed by atoms with van der Waals surface area (Å²) < 4.78 is 9.93. The zero-order valence-electron chi connectivity index (χ0n) is 15.1. The van der Waals surface area contributed by atoms with E-state index in [1.54, 1.807) is 20.1 Å². The normalized spacial score (nSPS) is 10.6. The lowest BCUT2D eigenvalue weighted by Crippen LogP contribution is -2.28. The minimum atomic E-state index is -0.443. The van der Waals surface area contributed by atoms with E-state index in [4.69, 9.17) is 9.47 Å². The van der Waals surface area contributed by atoms with Gasteiger partial charge in [0.25, 0.3) is 0 Å². The molecule has 0 bridgehead atoms. The Bertz CT molecular complexity index is 531. The molecule has 0 aliphatic heterocycles. The van der Waals surface area contributed by atoms with Gasteiger partial charge in [-0.1, -0.05) is 43.2 Å². The number of unbranched alkanes of at least 4 members (excludes halogenated alkanes) is 3. The highest BCUT2D eigenvalue weighted by atomic mass is 16.6. The summed E-state index contributed by atoms with van der Waals surface area (Å²) in [6.07, 6.45) is 5.08. The summed E-state index contributed by atoms with van der Waals surface area (Å²) in [7, 11) is 0. The van der Waals surface area contributed by atoms with Crippen molar-refractivity contribution in [3.05, 3.63) is 35.9 Å². The zero-order chi connectivity index (χ0) is 18.3. The van der Waals surface area contributed by atoms with E-state index in [-0.39, 0.29) is 5.97 Å². The lowest BCUT2D eigenvalue weighted by atomic mass is 10.1. The first-order valence-corrected chi connectivity index (χ1v) is 8.86. The molecule has 0 N–H and O–H groups in total. The molecule has 138 valence electrons. The van der Waals surface area contributed by atoms with E-state index in [0.29, 0.717) is 26.2 Å². The minimum Gasteiger partial charge on any atom is -0.466 e. The van der Waals surface area contributed by atoms with Gasteiger partial charge < -0.3 is 9.47 Å². The fourth-order valence-corrected chi connectivity index (χ4v) is 2.19. The molecule has 0 unspecified atom stereocenters. The van der Waals surface area contributed by atoms with E-state index in [0.717, 1.165) is 31.2 Å². The van der Waals surface area contributed by atoms with Crippen molar-refractivity contribution >= 4 is 18.3 Å². The molecule has 0 fully saturated rings. The Labute approximate surface area is 149 Å². The van der Waals surface area contributed by atoms with Gasteiger partial charge in [0, 0.05) is 13.0 Å². The first kappa shape index (κ1) is 20.7. The third-order valence-corrected chi connectivity index (χ3v) is 3.43. The molecule has 1 aromatic carbocycles. The summed E-state index contributed by atoms with van der Waals surface area (Å²) in [4.78, 5) is 23.2. The van der Waals surface area contributed by atoms with Crippen molar-refractivity contribution in [3.63, 3.8) is 0 Å². The molecule has 0 radical (unpaired) electrons. The van der Waals surface area contributed by atoms with Crippen LogP contribution in [0.5, 0.6) is 0 Å². The van der Waals surface area contributed by atoms with Gasteiger partial charge in [0.2, 0.25) is 0 Å². The number of rotatable bonds is 11. The number of hydrogen-bond acceptors (Lipinski definition) is 5. The van der Waals surface area contributed by atoms with Crippen molar-refractivity contribution in [1.82, 2.24) is 5.01 Å². The van der Waals surface area contributed by atoms with Crippen LogP contribution in [0.4, 0.5) is 4.79 Å². The maximum atomic E-state index is 12.0. The Morgan fingerprint density at radius 3 is 2.36 bits per heavy atom. The molecule has 0 aliphatic carbocycles. The minimum absolute atomic E-state index is 0.150. The van der Waals surface area contributed by atoms with Crippen molar-refractivity contribution in [2.24, 2.45) is 5.10 Å². The summed E-state index contributed by atoms with van der Waals surface area (Å²) in [5.74, 6) is -0.150. The lowest BCUT2D eigenvalue weighted by Gasteiger charge is -2.16. The van der Waals surface area contributed by atoms with Crippen molar-refractivity contribution in [2.75, 3.05) is 19.8 Å². The van der Waals surface area contributed by atoms with Gasteiger partial charge in [-0.15, -0.1) is 0 Å². The van der Waals surface area contributed by atoms with Crippen molar-refractivity contribution in [2.45, 2.75) is 46.0 Å². The Hall–Kier alpha value is -2.37. The van der Waals surface area contributed by atoms with Gasteiger partial charge in [0.15, 0.2) is 0 Å². The van der Waals surface area contributed by atoms with Gasteiger partial charge in [-0.05, 0) is 32.3 Å². The van der Waals surface area contributed by atoms with Crippen LogP contribution in [0.2, 0.25) is 0 Å². The SMILES string of the molecule is CCOC(=O)CCCCCCN(N=Cc1ccccc1)C(=O)OCC. The number of benzene rings is 1. The van der Waals surface area contributed by atoms with Gasteiger partial charge >= 0.3 is 12.1 Å². The van der Waals surface area contributed by atoms with E-state index in [9.17, 15) is 9.59 Å². The van der Waals surface area contributed by atoms with E-state index >= 15 is 0 Å². The van der Waals surface area contributed by atoms with Gasteiger partial charge in [0.05, 0.1) is 19.4 Å². The van der Waals surface area contributed by atoms with Crippen LogP contribution in [0.1, 0.15) is 51.5 Å². The molecule has 0 saturated carbocycles. The van der Waals surface area contributed by atoms with E-state index in [1.165, 1.54) is 5.01 Å². The molecular formula is C19H28N2O4. The molecule has 1 amide bonds.